The van der Waals surface area contributed by atoms with E-state index in [-0.39, 0.29) is 5.97 Å². The maximum Gasteiger partial charge on any atom is 0.338 e. The summed E-state index contributed by atoms with van der Waals surface area (Å²) in [6.45, 7) is 2.17. The third-order valence-electron chi connectivity index (χ3n) is 5.19. The zero-order chi connectivity index (χ0) is 19.7. The number of carbonyl (C=O) groups is 1. The fraction of sp³-hybridized carbons (Fsp3) is 0.208. The second kappa shape index (κ2) is 7.98. The van der Waals surface area contributed by atoms with Crippen molar-refractivity contribution in [3.8, 4) is 22.3 Å². The second-order valence-electron chi connectivity index (χ2n) is 6.89. The van der Waals surface area contributed by atoms with Crippen LogP contribution in [0.25, 0.3) is 22.3 Å². The van der Waals surface area contributed by atoms with Crippen molar-refractivity contribution in [2.75, 3.05) is 6.61 Å². The summed E-state index contributed by atoms with van der Waals surface area (Å²) in [4.78, 5) is 12.9. The summed E-state index contributed by atoms with van der Waals surface area (Å²) in [6, 6.07) is 17.4. The number of rotatable bonds is 4. The predicted molar refractivity (Wildman–Crippen MR) is 115 cm³/mol. The minimum Gasteiger partial charge on any atom is -0.462 e. The Balaban J connectivity index is 1.98. The van der Waals surface area contributed by atoms with Crippen molar-refractivity contribution in [3.05, 3.63) is 81.3 Å². The largest absolute Gasteiger partial charge is 0.462 e. The van der Waals surface area contributed by atoms with Crippen LogP contribution in [0.4, 0.5) is 0 Å². The number of fused-ring (bicyclic) bond motifs is 1. The van der Waals surface area contributed by atoms with E-state index < -0.39 is 0 Å². The lowest BCUT2D eigenvalue weighted by atomic mass is 9.86. The van der Waals surface area contributed by atoms with Gasteiger partial charge >= 0.3 is 5.97 Å². The molecule has 2 nitrogen and oxygen atoms in total. The van der Waals surface area contributed by atoms with Gasteiger partial charge in [-0.3, -0.25) is 0 Å². The molecule has 28 heavy (non-hydrogen) atoms. The van der Waals surface area contributed by atoms with E-state index in [0.29, 0.717) is 22.2 Å². The predicted octanol–water partition coefficient (Wildman–Crippen LogP) is 6.99. The lowest BCUT2D eigenvalue weighted by Crippen LogP contribution is -2.09. The van der Waals surface area contributed by atoms with E-state index in [1.165, 1.54) is 11.1 Å². The molecule has 0 heterocycles. The summed E-state index contributed by atoms with van der Waals surface area (Å²) in [7, 11) is 0. The number of esters is 1. The standard InChI is InChI=1S/C24H20Cl2O2/c1-2-28-24(27)22-14-21(15-6-10-17(25)11-7-15)19-4-3-5-20(19)23(22)16-8-12-18(26)13-9-16/h6-14H,2-5H2,1H3. The maximum atomic E-state index is 12.9. The lowest BCUT2D eigenvalue weighted by molar-refractivity contribution is 0.0527. The summed E-state index contributed by atoms with van der Waals surface area (Å²) in [5.41, 5.74) is 7.27. The van der Waals surface area contributed by atoms with Crippen LogP contribution in [-0.2, 0) is 17.6 Å². The van der Waals surface area contributed by atoms with Gasteiger partial charge in [-0.15, -0.1) is 0 Å². The Kier molecular flexibility index (Phi) is 5.43. The lowest BCUT2D eigenvalue weighted by Gasteiger charge is -2.18. The topological polar surface area (TPSA) is 26.3 Å². The summed E-state index contributed by atoms with van der Waals surface area (Å²) in [5, 5.41) is 1.37. The Labute approximate surface area is 175 Å². The minimum absolute atomic E-state index is 0.294. The first-order valence-electron chi connectivity index (χ1n) is 9.46. The molecule has 0 N–H and O–H groups in total. The van der Waals surface area contributed by atoms with Crippen LogP contribution in [0.1, 0.15) is 34.8 Å². The van der Waals surface area contributed by atoms with Gasteiger partial charge in [-0.25, -0.2) is 4.79 Å². The molecule has 1 aliphatic rings. The quantitative estimate of drug-likeness (QED) is 0.433. The van der Waals surface area contributed by atoms with E-state index in [9.17, 15) is 4.79 Å². The van der Waals surface area contributed by atoms with Crippen molar-refractivity contribution in [1.82, 2.24) is 0 Å². The summed E-state index contributed by atoms with van der Waals surface area (Å²) < 4.78 is 5.40. The molecular formula is C24H20Cl2O2. The Bertz CT molecular complexity index is 1020. The van der Waals surface area contributed by atoms with Gasteiger partial charge in [0, 0.05) is 10.0 Å². The first kappa shape index (κ1) is 19.0. The molecule has 3 aromatic rings. The molecule has 0 saturated carbocycles. The third-order valence-corrected chi connectivity index (χ3v) is 5.69. The minimum atomic E-state index is -0.294. The molecule has 3 aromatic carbocycles. The molecular weight excluding hydrogens is 391 g/mol. The van der Waals surface area contributed by atoms with E-state index in [1.54, 1.807) is 0 Å². The summed E-state index contributed by atoms with van der Waals surface area (Å²) >= 11 is 12.2. The molecule has 1 aliphatic carbocycles. The van der Waals surface area contributed by atoms with Crippen LogP contribution in [0.15, 0.2) is 54.6 Å². The molecule has 0 aromatic heterocycles. The molecule has 0 unspecified atom stereocenters. The molecule has 0 spiro atoms. The number of halogens is 2. The van der Waals surface area contributed by atoms with Crippen molar-refractivity contribution < 1.29 is 9.53 Å². The van der Waals surface area contributed by atoms with Gasteiger partial charge in [-0.05, 0) is 89.9 Å². The molecule has 0 radical (unpaired) electrons. The van der Waals surface area contributed by atoms with Gasteiger partial charge in [0.2, 0.25) is 0 Å². The van der Waals surface area contributed by atoms with Gasteiger partial charge < -0.3 is 4.74 Å². The van der Waals surface area contributed by atoms with Gasteiger partial charge in [0.25, 0.3) is 0 Å². The highest BCUT2D eigenvalue weighted by molar-refractivity contribution is 6.31. The number of hydrogen-bond acceptors (Lipinski definition) is 2. The van der Waals surface area contributed by atoms with Crippen molar-refractivity contribution in [3.63, 3.8) is 0 Å². The molecule has 0 saturated heterocycles. The Hall–Kier alpha value is -2.29. The maximum absolute atomic E-state index is 12.9. The molecule has 0 atom stereocenters. The summed E-state index contributed by atoms with van der Waals surface area (Å²) in [6.07, 6.45) is 3.01. The van der Waals surface area contributed by atoms with Gasteiger partial charge in [0.15, 0.2) is 0 Å². The highest BCUT2D eigenvalue weighted by atomic mass is 35.5. The highest BCUT2D eigenvalue weighted by Gasteiger charge is 2.26. The van der Waals surface area contributed by atoms with Crippen LogP contribution < -0.4 is 0 Å². The van der Waals surface area contributed by atoms with E-state index in [2.05, 4.69) is 0 Å². The first-order chi connectivity index (χ1) is 13.6. The third kappa shape index (κ3) is 3.55. The SMILES string of the molecule is CCOC(=O)c1cc(-c2ccc(Cl)cc2)c2c(c1-c1ccc(Cl)cc1)CCC2. The Morgan fingerprint density at radius 3 is 2.07 bits per heavy atom. The number of benzene rings is 3. The van der Waals surface area contributed by atoms with E-state index in [4.69, 9.17) is 27.9 Å². The van der Waals surface area contributed by atoms with Crippen molar-refractivity contribution >= 4 is 29.2 Å². The smallest absolute Gasteiger partial charge is 0.338 e. The zero-order valence-corrected chi connectivity index (χ0v) is 17.1. The Morgan fingerprint density at radius 2 is 1.46 bits per heavy atom. The van der Waals surface area contributed by atoms with Gasteiger partial charge in [-0.1, -0.05) is 47.5 Å². The summed E-state index contributed by atoms with van der Waals surface area (Å²) in [5.74, 6) is -0.294. The number of hydrogen-bond donors (Lipinski definition) is 0. The number of ether oxygens (including phenoxy) is 1. The molecule has 4 heteroatoms. The molecule has 0 aliphatic heterocycles. The van der Waals surface area contributed by atoms with E-state index in [0.717, 1.165) is 41.5 Å². The first-order valence-corrected chi connectivity index (χ1v) is 10.2. The fourth-order valence-electron chi connectivity index (χ4n) is 3.99. The van der Waals surface area contributed by atoms with Crippen LogP contribution in [0.5, 0.6) is 0 Å². The van der Waals surface area contributed by atoms with E-state index >= 15 is 0 Å². The van der Waals surface area contributed by atoms with Gasteiger partial charge in [0.1, 0.15) is 0 Å². The van der Waals surface area contributed by atoms with E-state index in [1.807, 2.05) is 61.5 Å². The molecule has 4 rings (SSSR count). The highest BCUT2D eigenvalue weighted by Crippen LogP contribution is 2.42. The van der Waals surface area contributed by atoms with Crippen LogP contribution in [0.3, 0.4) is 0 Å². The van der Waals surface area contributed by atoms with Gasteiger partial charge in [-0.2, -0.15) is 0 Å². The zero-order valence-electron chi connectivity index (χ0n) is 15.6. The molecule has 0 fully saturated rings. The normalized spacial score (nSPS) is 12.7. The van der Waals surface area contributed by atoms with Crippen molar-refractivity contribution in [2.45, 2.75) is 26.2 Å². The van der Waals surface area contributed by atoms with Crippen LogP contribution in [0.2, 0.25) is 10.0 Å². The molecule has 0 amide bonds. The van der Waals surface area contributed by atoms with Crippen LogP contribution in [0, 0.1) is 0 Å². The molecule has 142 valence electrons. The van der Waals surface area contributed by atoms with Crippen LogP contribution >= 0.6 is 23.2 Å². The second-order valence-corrected chi connectivity index (χ2v) is 7.76. The monoisotopic (exact) mass is 410 g/mol. The van der Waals surface area contributed by atoms with Gasteiger partial charge in [0.05, 0.1) is 12.2 Å². The fourth-order valence-corrected chi connectivity index (χ4v) is 4.24. The van der Waals surface area contributed by atoms with Crippen LogP contribution in [-0.4, -0.2) is 12.6 Å². The average molecular weight is 411 g/mol. The Morgan fingerprint density at radius 1 is 0.893 bits per heavy atom. The number of carbonyl (C=O) groups excluding carboxylic acids is 1. The van der Waals surface area contributed by atoms with Crippen molar-refractivity contribution in [1.29, 1.82) is 0 Å². The molecule has 0 bridgehead atoms. The average Bonchev–Trinajstić information content (AvgIpc) is 3.18. The van der Waals surface area contributed by atoms with Crippen molar-refractivity contribution in [2.24, 2.45) is 0 Å².